The van der Waals surface area contributed by atoms with Gasteiger partial charge >= 0.3 is 0 Å². The van der Waals surface area contributed by atoms with Crippen LogP contribution in [-0.4, -0.2) is 10.9 Å². The van der Waals surface area contributed by atoms with Crippen LogP contribution in [0.25, 0.3) is 0 Å². The van der Waals surface area contributed by atoms with E-state index in [0.717, 1.165) is 4.47 Å². The first-order chi connectivity index (χ1) is 5.72. The van der Waals surface area contributed by atoms with E-state index in [1.807, 2.05) is 0 Å². The number of aromatic nitrogens is 1. The maximum atomic E-state index is 10.8. The Morgan fingerprint density at radius 1 is 1.67 bits per heavy atom. The molecule has 62 valence electrons. The number of nitrogens with one attached hydrogen (secondary N) is 1. The van der Waals surface area contributed by atoms with E-state index in [9.17, 15) is 4.79 Å². The molecule has 1 amide bonds. The molecule has 0 aliphatic rings. The molecule has 3 nitrogen and oxygen atoms in total. The maximum absolute atomic E-state index is 10.8. The zero-order valence-electron chi connectivity index (χ0n) is 6.25. The molecule has 1 heterocycles. The number of pyridine rings is 1. The first-order valence-electron chi connectivity index (χ1n) is 3.27. The van der Waals surface area contributed by atoms with Gasteiger partial charge in [-0.25, -0.2) is 4.98 Å². The summed E-state index contributed by atoms with van der Waals surface area (Å²) in [5, 5.41) is 2.53. The van der Waals surface area contributed by atoms with Crippen molar-refractivity contribution in [2.75, 3.05) is 5.32 Å². The Hall–Kier alpha value is -1.16. The Morgan fingerprint density at radius 3 is 2.92 bits per heavy atom. The average Bonchev–Trinajstić information content (AvgIpc) is 2.09. The van der Waals surface area contributed by atoms with Crippen molar-refractivity contribution in [3.8, 4) is 0 Å². The zero-order valence-corrected chi connectivity index (χ0v) is 7.84. The fourth-order valence-corrected chi connectivity index (χ4v) is 0.862. The molecule has 1 N–H and O–H groups in total. The standard InChI is InChI=1S/C8H7BrN2O/c1-2-8(12)11-7-4-3-6(9)5-10-7/h2-5H,1H2,(H,10,11,12). The molecule has 0 aliphatic carbocycles. The van der Waals surface area contributed by atoms with Crippen molar-refractivity contribution in [2.45, 2.75) is 0 Å². The highest BCUT2D eigenvalue weighted by molar-refractivity contribution is 9.10. The SMILES string of the molecule is C=CC(=O)Nc1ccc(Br)cn1. The Kier molecular flexibility index (Phi) is 2.99. The van der Waals surface area contributed by atoms with Gasteiger partial charge in [0.25, 0.3) is 0 Å². The van der Waals surface area contributed by atoms with E-state index < -0.39 is 0 Å². The Balaban J connectivity index is 2.71. The smallest absolute Gasteiger partial charge is 0.248 e. The number of hydrogen-bond acceptors (Lipinski definition) is 2. The lowest BCUT2D eigenvalue weighted by atomic mass is 10.4. The summed E-state index contributed by atoms with van der Waals surface area (Å²) < 4.78 is 0.874. The van der Waals surface area contributed by atoms with Crippen LogP contribution in [0.15, 0.2) is 35.5 Å². The molecule has 1 aromatic rings. The highest BCUT2D eigenvalue weighted by Gasteiger charge is 1.96. The van der Waals surface area contributed by atoms with Crippen LogP contribution in [0.2, 0.25) is 0 Å². The third-order valence-corrected chi connectivity index (χ3v) is 1.63. The Morgan fingerprint density at radius 2 is 2.42 bits per heavy atom. The molecule has 0 bridgehead atoms. The van der Waals surface area contributed by atoms with Gasteiger partial charge in [-0.3, -0.25) is 4.79 Å². The van der Waals surface area contributed by atoms with Crippen molar-refractivity contribution in [3.05, 3.63) is 35.5 Å². The molecule has 0 radical (unpaired) electrons. The lowest BCUT2D eigenvalue weighted by Gasteiger charge is -1.99. The van der Waals surface area contributed by atoms with Crippen LogP contribution < -0.4 is 5.32 Å². The minimum absolute atomic E-state index is 0.259. The number of rotatable bonds is 2. The number of amides is 1. The molecule has 12 heavy (non-hydrogen) atoms. The molecule has 0 spiro atoms. The molecule has 0 fully saturated rings. The topological polar surface area (TPSA) is 42.0 Å². The fourth-order valence-electron chi connectivity index (χ4n) is 0.627. The van der Waals surface area contributed by atoms with E-state index in [1.165, 1.54) is 6.08 Å². The predicted octanol–water partition coefficient (Wildman–Crippen LogP) is 1.97. The van der Waals surface area contributed by atoms with Crippen molar-refractivity contribution in [1.82, 2.24) is 4.98 Å². The van der Waals surface area contributed by atoms with Crippen LogP contribution in [0.4, 0.5) is 5.82 Å². The molecule has 0 saturated heterocycles. The van der Waals surface area contributed by atoms with Gasteiger partial charge < -0.3 is 5.32 Å². The van der Waals surface area contributed by atoms with E-state index in [0.29, 0.717) is 5.82 Å². The summed E-state index contributed by atoms with van der Waals surface area (Å²) >= 11 is 3.23. The van der Waals surface area contributed by atoms with Gasteiger partial charge in [0, 0.05) is 10.7 Å². The lowest BCUT2D eigenvalue weighted by Crippen LogP contribution is -2.08. The van der Waals surface area contributed by atoms with Crippen LogP contribution in [0.3, 0.4) is 0 Å². The summed E-state index contributed by atoms with van der Waals surface area (Å²) in [5.74, 6) is 0.257. The lowest BCUT2D eigenvalue weighted by molar-refractivity contribution is -0.111. The molecule has 0 saturated carbocycles. The molecule has 0 aromatic carbocycles. The minimum Gasteiger partial charge on any atom is -0.307 e. The normalized spacial score (nSPS) is 9.08. The van der Waals surface area contributed by atoms with Crippen molar-refractivity contribution < 1.29 is 4.79 Å². The number of anilines is 1. The summed E-state index contributed by atoms with van der Waals surface area (Å²) in [7, 11) is 0. The van der Waals surface area contributed by atoms with E-state index in [2.05, 4.69) is 32.8 Å². The van der Waals surface area contributed by atoms with E-state index in [1.54, 1.807) is 18.3 Å². The number of carbonyl (C=O) groups excluding carboxylic acids is 1. The van der Waals surface area contributed by atoms with Gasteiger partial charge in [-0.1, -0.05) is 6.58 Å². The fraction of sp³-hybridized carbons (Fsp3) is 0. The Labute approximate surface area is 78.6 Å². The molecule has 4 heteroatoms. The largest absolute Gasteiger partial charge is 0.307 e. The van der Waals surface area contributed by atoms with Gasteiger partial charge in [0.15, 0.2) is 0 Å². The van der Waals surface area contributed by atoms with Gasteiger partial charge in [-0.15, -0.1) is 0 Å². The molecule has 0 atom stereocenters. The van der Waals surface area contributed by atoms with Crippen LogP contribution in [-0.2, 0) is 4.79 Å². The number of halogens is 1. The molecule has 0 aliphatic heterocycles. The van der Waals surface area contributed by atoms with Gasteiger partial charge in [0.2, 0.25) is 5.91 Å². The Bertz CT molecular complexity index is 294. The highest BCUT2D eigenvalue weighted by Crippen LogP contribution is 2.09. The highest BCUT2D eigenvalue weighted by atomic mass is 79.9. The van der Waals surface area contributed by atoms with Crippen molar-refractivity contribution in [1.29, 1.82) is 0 Å². The van der Waals surface area contributed by atoms with Crippen LogP contribution in [0, 0.1) is 0 Å². The van der Waals surface area contributed by atoms with Crippen molar-refractivity contribution in [2.24, 2.45) is 0 Å². The van der Waals surface area contributed by atoms with Crippen LogP contribution in [0.5, 0.6) is 0 Å². The van der Waals surface area contributed by atoms with Gasteiger partial charge in [0.05, 0.1) is 0 Å². The van der Waals surface area contributed by atoms with E-state index in [4.69, 9.17) is 0 Å². The first-order valence-corrected chi connectivity index (χ1v) is 4.06. The zero-order chi connectivity index (χ0) is 8.97. The summed E-state index contributed by atoms with van der Waals surface area (Å²) in [5.41, 5.74) is 0. The van der Waals surface area contributed by atoms with Gasteiger partial charge in [-0.2, -0.15) is 0 Å². The van der Waals surface area contributed by atoms with Gasteiger partial charge in [0.1, 0.15) is 5.82 Å². The third-order valence-electron chi connectivity index (χ3n) is 1.16. The quantitative estimate of drug-likeness (QED) is 0.784. The van der Waals surface area contributed by atoms with Crippen molar-refractivity contribution >= 4 is 27.7 Å². The second-order valence-electron chi connectivity index (χ2n) is 2.06. The molecule has 1 rings (SSSR count). The van der Waals surface area contributed by atoms with Crippen molar-refractivity contribution in [3.63, 3.8) is 0 Å². The molecular weight excluding hydrogens is 220 g/mol. The summed E-state index contributed by atoms with van der Waals surface area (Å²) in [4.78, 5) is 14.7. The summed E-state index contributed by atoms with van der Waals surface area (Å²) in [6.07, 6.45) is 2.81. The maximum Gasteiger partial charge on any atom is 0.248 e. The van der Waals surface area contributed by atoms with Crippen LogP contribution >= 0.6 is 15.9 Å². The van der Waals surface area contributed by atoms with Crippen LogP contribution in [0.1, 0.15) is 0 Å². The molecule has 1 aromatic heterocycles. The minimum atomic E-state index is -0.259. The third kappa shape index (κ3) is 2.47. The molecule has 0 unspecified atom stereocenters. The first kappa shape index (κ1) is 8.93. The summed E-state index contributed by atoms with van der Waals surface area (Å²) in [6, 6.07) is 3.50. The second-order valence-corrected chi connectivity index (χ2v) is 2.97. The van der Waals surface area contributed by atoms with E-state index >= 15 is 0 Å². The number of hydrogen-bond donors (Lipinski definition) is 1. The average molecular weight is 227 g/mol. The number of carbonyl (C=O) groups is 1. The van der Waals surface area contributed by atoms with E-state index in [-0.39, 0.29) is 5.91 Å². The predicted molar refractivity (Wildman–Crippen MR) is 50.8 cm³/mol. The van der Waals surface area contributed by atoms with Gasteiger partial charge in [-0.05, 0) is 34.1 Å². The molecular formula is C8H7BrN2O. The monoisotopic (exact) mass is 226 g/mol. The second kappa shape index (κ2) is 4.01. The number of nitrogens with zero attached hydrogens (tertiary/aromatic N) is 1. The summed E-state index contributed by atoms with van der Waals surface area (Å²) in [6.45, 7) is 3.33.